The number of ether oxygens (including phenoxy) is 1. The number of benzene rings is 2. The number of hydrogen-bond donors (Lipinski definition) is 1. The topological polar surface area (TPSA) is 92.3 Å². The second kappa shape index (κ2) is 9.39. The summed E-state index contributed by atoms with van der Waals surface area (Å²) in [6, 6.07) is 19.4. The molecule has 0 unspecified atom stereocenters. The normalized spacial score (nSPS) is 10.9. The van der Waals surface area contributed by atoms with Crippen molar-refractivity contribution in [1.29, 1.82) is 5.26 Å². The van der Waals surface area contributed by atoms with Gasteiger partial charge in [0.1, 0.15) is 23.2 Å². The number of carbonyl (C=O) groups excluding carboxylic acids is 2. The van der Waals surface area contributed by atoms with Crippen molar-refractivity contribution < 1.29 is 18.7 Å². The fourth-order valence-corrected chi connectivity index (χ4v) is 2.78. The third-order valence-corrected chi connectivity index (χ3v) is 4.23. The molecule has 0 bridgehead atoms. The average molecular weight is 400 g/mol. The lowest BCUT2D eigenvalue weighted by molar-refractivity contribution is -0.112. The van der Waals surface area contributed by atoms with Crippen LogP contribution in [0.25, 0.3) is 17.4 Å². The highest BCUT2D eigenvalue weighted by Gasteiger charge is 2.12. The van der Waals surface area contributed by atoms with Crippen LogP contribution in [-0.4, -0.2) is 18.5 Å². The van der Waals surface area contributed by atoms with Crippen LogP contribution >= 0.6 is 0 Å². The van der Waals surface area contributed by atoms with Crippen LogP contribution in [0.2, 0.25) is 0 Å². The zero-order chi connectivity index (χ0) is 21.5. The fourth-order valence-electron chi connectivity index (χ4n) is 2.78. The Bertz CT molecular complexity index is 1130. The van der Waals surface area contributed by atoms with Crippen molar-refractivity contribution in [2.45, 2.75) is 13.8 Å². The van der Waals surface area contributed by atoms with E-state index in [4.69, 9.17) is 9.15 Å². The van der Waals surface area contributed by atoms with Crippen molar-refractivity contribution >= 4 is 23.6 Å². The number of nitrogens with one attached hydrogen (secondary N) is 1. The maximum Gasteiger partial charge on any atom is 0.338 e. The van der Waals surface area contributed by atoms with Crippen LogP contribution in [0.15, 0.2) is 70.7 Å². The smallest absolute Gasteiger partial charge is 0.338 e. The number of nitriles is 1. The highest BCUT2D eigenvalue weighted by molar-refractivity contribution is 6.09. The van der Waals surface area contributed by atoms with Crippen LogP contribution in [0.1, 0.15) is 28.6 Å². The number of rotatable bonds is 6. The molecule has 1 aromatic heterocycles. The molecule has 0 saturated carbocycles. The summed E-state index contributed by atoms with van der Waals surface area (Å²) >= 11 is 0. The van der Waals surface area contributed by atoms with Crippen LogP contribution in [0.4, 0.5) is 5.69 Å². The SMILES string of the molecule is CCOC(=O)c1ccc(-c2ccc(C=C(C#N)C(=O)Nc3cccc(C)c3)o2)cc1. The Morgan fingerprint density at radius 2 is 1.90 bits per heavy atom. The molecule has 0 fully saturated rings. The first kappa shape index (κ1) is 20.6. The van der Waals surface area contributed by atoms with Crippen molar-refractivity contribution in [2.24, 2.45) is 0 Å². The Hall–Kier alpha value is -4.11. The maximum absolute atomic E-state index is 12.4. The van der Waals surface area contributed by atoms with E-state index in [2.05, 4.69) is 5.32 Å². The molecule has 1 heterocycles. The number of amides is 1. The van der Waals surface area contributed by atoms with E-state index in [1.54, 1.807) is 49.4 Å². The molecule has 3 rings (SSSR count). The van der Waals surface area contributed by atoms with Crippen LogP contribution in [-0.2, 0) is 9.53 Å². The van der Waals surface area contributed by atoms with Gasteiger partial charge < -0.3 is 14.5 Å². The van der Waals surface area contributed by atoms with Gasteiger partial charge in [0.05, 0.1) is 12.2 Å². The first-order chi connectivity index (χ1) is 14.5. The van der Waals surface area contributed by atoms with Crippen LogP contribution in [0, 0.1) is 18.3 Å². The van der Waals surface area contributed by atoms with E-state index in [1.807, 2.05) is 31.2 Å². The van der Waals surface area contributed by atoms with E-state index >= 15 is 0 Å². The number of nitrogens with zero attached hydrogens (tertiary/aromatic N) is 1. The minimum atomic E-state index is -0.514. The number of carbonyl (C=O) groups is 2. The number of furan rings is 1. The van der Waals surface area contributed by atoms with E-state index in [0.717, 1.165) is 11.1 Å². The molecule has 0 spiro atoms. The van der Waals surface area contributed by atoms with Crippen molar-refractivity contribution in [3.63, 3.8) is 0 Å². The summed E-state index contributed by atoms with van der Waals surface area (Å²) in [6.45, 7) is 3.98. The Morgan fingerprint density at radius 1 is 1.13 bits per heavy atom. The van der Waals surface area contributed by atoms with E-state index in [0.29, 0.717) is 29.4 Å². The Morgan fingerprint density at radius 3 is 2.57 bits per heavy atom. The standard InChI is InChI=1S/C24H20N2O4/c1-3-29-24(28)18-9-7-17(8-10-18)22-12-11-21(30-22)14-19(15-25)23(27)26-20-6-4-5-16(2)13-20/h4-14H,3H2,1-2H3,(H,26,27). The predicted octanol–water partition coefficient (Wildman–Crippen LogP) is 4.98. The highest BCUT2D eigenvalue weighted by Crippen LogP contribution is 2.24. The van der Waals surface area contributed by atoms with Gasteiger partial charge in [-0.1, -0.05) is 24.3 Å². The zero-order valence-corrected chi connectivity index (χ0v) is 16.6. The van der Waals surface area contributed by atoms with Crippen LogP contribution < -0.4 is 5.32 Å². The lowest BCUT2D eigenvalue weighted by atomic mass is 10.1. The lowest BCUT2D eigenvalue weighted by Crippen LogP contribution is -2.13. The number of aryl methyl sites for hydroxylation is 1. The Kier molecular flexibility index (Phi) is 6.46. The zero-order valence-electron chi connectivity index (χ0n) is 16.6. The van der Waals surface area contributed by atoms with Crippen molar-refractivity contribution in [3.05, 3.63) is 83.1 Å². The van der Waals surface area contributed by atoms with Crippen molar-refractivity contribution in [3.8, 4) is 17.4 Å². The summed E-state index contributed by atoms with van der Waals surface area (Å²) in [6.07, 6.45) is 1.39. The van der Waals surface area contributed by atoms with E-state index in [1.165, 1.54) is 6.08 Å². The average Bonchev–Trinajstić information content (AvgIpc) is 3.21. The van der Waals surface area contributed by atoms with Crippen molar-refractivity contribution in [1.82, 2.24) is 0 Å². The molecule has 0 atom stereocenters. The number of esters is 1. The molecule has 0 aliphatic heterocycles. The van der Waals surface area contributed by atoms with Gasteiger partial charge in [-0.2, -0.15) is 5.26 Å². The van der Waals surface area contributed by atoms with Gasteiger partial charge in [0.15, 0.2) is 0 Å². The number of anilines is 1. The highest BCUT2D eigenvalue weighted by atomic mass is 16.5. The van der Waals surface area contributed by atoms with E-state index in [-0.39, 0.29) is 11.5 Å². The summed E-state index contributed by atoms with van der Waals surface area (Å²) < 4.78 is 10.7. The second-order valence-electron chi connectivity index (χ2n) is 6.49. The molecular formula is C24H20N2O4. The fraction of sp³-hybridized carbons (Fsp3) is 0.125. The van der Waals surface area contributed by atoms with Gasteiger partial charge in [0, 0.05) is 17.3 Å². The predicted molar refractivity (Wildman–Crippen MR) is 113 cm³/mol. The molecule has 6 heteroatoms. The summed E-state index contributed by atoms with van der Waals surface area (Å²) in [7, 11) is 0. The van der Waals surface area contributed by atoms with Crippen LogP contribution in [0.5, 0.6) is 0 Å². The first-order valence-corrected chi connectivity index (χ1v) is 9.37. The molecule has 0 radical (unpaired) electrons. The Balaban J connectivity index is 1.75. The second-order valence-corrected chi connectivity index (χ2v) is 6.49. The molecule has 0 aliphatic carbocycles. The van der Waals surface area contributed by atoms with Gasteiger partial charge in [-0.3, -0.25) is 4.79 Å². The first-order valence-electron chi connectivity index (χ1n) is 9.37. The molecule has 2 aromatic carbocycles. The van der Waals surface area contributed by atoms with Crippen LogP contribution in [0.3, 0.4) is 0 Å². The summed E-state index contributed by atoms with van der Waals surface area (Å²) in [4.78, 5) is 24.1. The molecule has 1 amide bonds. The van der Waals surface area contributed by atoms with Crippen molar-refractivity contribution in [2.75, 3.05) is 11.9 Å². The lowest BCUT2D eigenvalue weighted by Gasteiger charge is -2.04. The monoisotopic (exact) mass is 400 g/mol. The van der Waals surface area contributed by atoms with Gasteiger partial charge in [0.2, 0.25) is 0 Å². The molecular weight excluding hydrogens is 380 g/mol. The van der Waals surface area contributed by atoms with Gasteiger partial charge in [-0.25, -0.2) is 4.79 Å². The summed E-state index contributed by atoms with van der Waals surface area (Å²) in [5, 5.41) is 12.1. The van der Waals surface area contributed by atoms with Gasteiger partial charge in [0.25, 0.3) is 5.91 Å². The van der Waals surface area contributed by atoms with E-state index in [9.17, 15) is 14.9 Å². The molecule has 0 aliphatic rings. The quantitative estimate of drug-likeness (QED) is 0.358. The van der Waals surface area contributed by atoms with Gasteiger partial charge >= 0.3 is 5.97 Å². The third kappa shape index (κ3) is 5.03. The molecule has 0 saturated heterocycles. The molecule has 3 aromatic rings. The molecule has 1 N–H and O–H groups in total. The summed E-state index contributed by atoms with van der Waals surface area (Å²) in [5.41, 5.74) is 2.75. The van der Waals surface area contributed by atoms with E-state index < -0.39 is 5.91 Å². The van der Waals surface area contributed by atoms with Gasteiger partial charge in [-0.15, -0.1) is 0 Å². The molecule has 150 valence electrons. The largest absolute Gasteiger partial charge is 0.462 e. The maximum atomic E-state index is 12.4. The molecule has 30 heavy (non-hydrogen) atoms. The summed E-state index contributed by atoms with van der Waals surface area (Å²) in [5.74, 6) is 0.0219. The minimum absolute atomic E-state index is 0.0740. The molecule has 6 nitrogen and oxygen atoms in total. The number of hydrogen-bond acceptors (Lipinski definition) is 5. The van der Waals surface area contributed by atoms with Gasteiger partial charge in [-0.05, 0) is 55.8 Å². The third-order valence-electron chi connectivity index (χ3n) is 4.23. The minimum Gasteiger partial charge on any atom is -0.462 e. The Labute approximate surface area is 174 Å².